The van der Waals surface area contributed by atoms with Crippen LogP contribution in [0, 0.1) is 5.92 Å². The lowest BCUT2D eigenvalue weighted by Crippen LogP contribution is -2.33. The summed E-state index contributed by atoms with van der Waals surface area (Å²) in [5, 5.41) is 12.4. The number of para-hydroxylation sites is 1. The molecule has 1 fully saturated rings. The van der Waals surface area contributed by atoms with E-state index in [0.29, 0.717) is 17.2 Å². The number of carboxylic acid groups (broad SMARTS) is 1. The van der Waals surface area contributed by atoms with Crippen molar-refractivity contribution in [3.8, 4) is 0 Å². The number of aromatic carboxylic acids is 1. The summed E-state index contributed by atoms with van der Waals surface area (Å²) in [4.78, 5) is 11.1. The van der Waals surface area contributed by atoms with Gasteiger partial charge in [-0.25, -0.2) is 4.79 Å². The molecule has 0 aromatic heterocycles. The average molecular weight is 219 g/mol. The van der Waals surface area contributed by atoms with Crippen LogP contribution >= 0.6 is 0 Å². The van der Waals surface area contributed by atoms with Gasteiger partial charge in [0.25, 0.3) is 0 Å². The van der Waals surface area contributed by atoms with Gasteiger partial charge < -0.3 is 10.4 Å². The first-order valence-corrected chi connectivity index (χ1v) is 5.61. The van der Waals surface area contributed by atoms with Crippen molar-refractivity contribution in [2.75, 3.05) is 5.32 Å². The van der Waals surface area contributed by atoms with Crippen LogP contribution in [-0.4, -0.2) is 16.6 Å². The second-order valence-electron chi connectivity index (χ2n) is 4.97. The molecule has 1 aliphatic carbocycles. The van der Waals surface area contributed by atoms with E-state index in [1.54, 1.807) is 12.1 Å². The quantitative estimate of drug-likeness (QED) is 0.818. The van der Waals surface area contributed by atoms with E-state index in [4.69, 9.17) is 5.11 Å². The molecule has 1 aliphatic rings. The molecule has 2 rings (SSSR count). The third kappa shape index (κ3) is 2.18. The van der Waals surface area contributed by atoms with Crippen molar-refractivity contribution in [3.05, 3.63) is 29.8 Å². The predicted molar refractivity (Wildman–Crippen MR) is 63.8 cm³/mol. The maximum absolute atomic E-state index is 11.1. The van der Waals surface area contributed by atoms with Gasteiger partial charge in [-0.15, -0.1) is 0 Å². The SMILES string of the molecule is CC(C)(Nc1ccccc1C(=O)O)C1CC1. The van der Waals surface area contributed by atoms with Gasteiger partial charge in [0.15, 0.2) is 0 Å². The van der Waals surface area contributed by atoms with Gasteiger partial charge in [-0.1, -0.05) is 12.1 Å². The molecule has 0 saturated heterocycles. The Morgan fingerprint density at radius 3 is 2.56 bits per heavy atom. The standard InChI is InChI=1S/C13H17NO2/c1-13(2,9-7-8-9)14-11-6-4-3-5-10(11)12(15)16/h3-6,9,14H,7-8H2,1-2H3,(H,15,16). The fourth-order valence-corrected chi connectivity index (χ4v) is 2.03. The summed E-state index contributed by atoms with van der Waals surface area (Å²) in [7, 11) is 0. The molecule has 0 radical (unpaired) electrons. The molecule has 86 valence electrons. The molecule has 0 heterocycles. The normalized spacial score (nSPS) is 15.9. The maximum Gasteiger partial charge on any atom is 0.337 e. The van der Waals surface area contributed by atoms with Crippen LogP contribution < -0.4 is 5.32 Å². The molecule has 1 aromatic carbocycles. The van der Waals surface area contributed by atoms with Crippen LogP contribution in [0.2, 0.25) is 0 Å². The Morgan fingerprint density at radius 1 is 1.38 bits per heavy atom. The molecule has 0 atom stereocenters. The van der Waals surface area contributed by atoms with E-state index in [0.717, 1.165) is 0 Å². The highest BCUT2D eigenvalue weighted by Crippen LogP contribution is 2.41. The summed E-state index contributed by atoms with van der Waals surface area (Å²) >= 11 is 0. The van der Waals surface area contributed by atoms with Crippen LogP contribution in [0.1, 0.15) is 37.0 Å². The largest absolute Gasteiger partial charge is 0.478 e. The Morgan fingerprint density at radius 2 is 2.00 bits per heavy atom. The van der Waals surface area contributed by atoms with Gasteiger partial charge in [0.2, 0.25) is 0 Å². The summed E-state index contributed by atoms with van der Waals surface area (Å²) in [6.45, 7) is 4.26. The number of rotatable bonds is 4. The topological polar surface area (TPSA) is 49.3 Å². The van der Waals surface area contributed by atoms with E-state index in [-0.39, 0.29) is 5.54 Å². The van der Waals surface area contributed by atoms with Crippen LogP contribution in [-0.2, 0) is 0 Å². The fourth-order valence-electron chi connectivity index (χ4n) is 2.03. The lowest BCUT2D eigenvalue weighted by Gasteiger charge is -2.28. The lowest BCUT2D eigenvalue weighted by molar-refractivity contribution is 0.0698. The van der Waals surface area contributed by atoms with Gasteiger partial charge in [0.05, 0.1) is 5.56 Å². The first kappa shape index (κ1) is 11.0. The second kappa shape index (κ2) is 3.81. The van der Waals surface area contributed by atoms with Crippen molar-refractivity contribution in [1.29, 1.82) is 0 Å². The predicted octanol–water partition coefficient (Wildman–Crippen LogP) is 2.99. The molecule has 3 heteroatoms. The number of hydrogen-bond donors (Lipinski definition) is 2. The molecular weight excluding hydrogens is 202 g/mol. The van der Waals surface area contributed by atoms with Crippen molar-refractivity contribution >= 4 is 11.7 Å². The van der Waals surface area contributed by atoms with Crippen LogP contribution in [0.25, 0.3) is 0 Å². The number of benzene rings is 1. The Kier molecular flexibility index (Phi) is 2.62. The number of carboxylic acids is 1. The first-order chi connectivity index (χ1) is 7.50. The highest BCUT2D eigenvalue weighted by molar-refractivity contribution is 5.94. The fraction of sp³-hybridized carbons (Fsp3) is 0.462. The first-order valence-electron chi connectivity index (χ1n) is 5.61. The van der Waals surface area contributed by atoms with E-state index >= 15 is 0 Å². The molecule has 1 aromatic rings. The van der Waals surface area contributed by atoms with Crippen LogP contribution in [0.15, 0.2) is 24.3 Å². The number of carbonyl (C=O) groups is 1. The molecule has 3 nitrogen and oxygen atoms in total. The van der Waals surface area contributed by atoms with E-state index in [9.17, 15) is 4.79 Å². The van der Waals surface area contributed by atoms with E-state index in [1.807, 2.05) is 12.1 Å². The lowest BCUT2D eigenvalue weighted by atomic mass is 9.97. The smallest absolute Gasteiger partial charge is 0.337 e. The Labute approximate surface area is 95.5 Å². The minimum absolute atomic E-state index is 0.0223. The van der Waals surface area contributed by atoms with Crippen LogP contribution in [0.3, 0.4) is 0 Å². The molecule has 0 spiro atoms. The van der Waals surface area contributed by atoms with Crippen molar-refractivity contribution in [1.82, 2.24) is 0 Å². The summed E-state index contributed by atoms with van der Waals surface area (Å²) in [6, 6.07) is 7.07. The van der Waals surface area contributed by atoms with Gasteiger partial charge in [-0.2, -0.15) is 0 Å². The van der Waals surface area contributed by atoms with Crippen molar-refractivity contribution < 1.29 is 9.90 Å². The highest BCUT2D eigenvalue weighted by atomic mass is 16.4. The highest BCUT2D eigenvalue weighted by Gasteiger charge is 2.38. The van der Waals surface area contributed by atoms with Gasteiger partial charge in [-0.3, -0.25) is 0 Å². The van der Waals surface area contributed by atoms with E-state index < -0.39 is 5.97 Å². The molecule has 0 amide bonds. The maximum atomic E-state index is 11.1. The molecule has 16 heavy (non-hydrogen) atoms. The summed E-state index contributed by atoms with van der Waals surface area (Å²) in [5.74, 6) is -0.218. The van der Waals surface area contributed by atoms with E-state index in [2.05, 4.69) is 19.2 Å². The minimum atomic E-state index is -0.880. The molecule has 0 bridgehead atoms. The van der Waals surface area contributed by atoms with Crippen molar-refractivity contribution in [3.63, 3.8) is 0 Å². The minimum Gasteiger partial charge on any atom is -0.478 e. The summed E-state index contributed by atoms with van der Waals surface area (Å²) in [6.07, 6.45) is 2.46. The van der Waals surface area contributed by atoms with Crippen LogP contribution in [0.5, 0.6) is 0 Å². The summed E-state index contributed by atoms with van der Waals surface area (Å²) in [5.41, 5.74) is 1.04. The Balaban J connectivity index is 2.23. The molecule has 1 saturated carbocycles. The van der Waals surface area contributed by atoms with Gasteiger partial charge in [-0.05, 0) is 44.7 Å². The third-order valence-electron chi connectivity index (χ3n) is 3.21. The molecule has 2 N–H and O–H groups in total. The Hall–Kier alpha value is -1.51. The zero-order valence-corrected chi connectivity index (χ0v) is 9.66. The molecule has 0 aliphatic heterocycles. The molecule has 0 unspecified atom stereocenters. The Bertz CT molecular complexity index is 408. The van der Waals surface area contributed by atoms with Crippen molar-refractivity contribution in [2.24, 2.45) is 5.92 Å². The zero-order chi connectivity index (χ0) is 11.8. The average Bonchev–Trinajstić information content (AvgIpc) is 3.00. The van der Waals surface area contributed by atoms with Gasteiger partial charge >= 0.3 is 5.97 Å². The van der Waals surface area contributed by atoms with Gasteiger partial charge in [0.1, 0.15) is 0 Å². The van der Waals surface area contributed by atoms with Crippen molar-refractivity contribution in [2.45, 2.75) is 32.2 Å². The second-order valence-corrected chi connectivity index (χ2v) is 4.97. The third-order valence-corrected chi connectivity index (χ3v) is 3.21. The molecular formula is C13H17NO2. The summed E-state index contributed by atoms with van der Waals surface area (Å²) < 4.78 is 0. The van der Waals surface area contributed by atoms with E-state index in [1.165, 1.54) is 12.8 Å². The monoisotopic (exact) mass is 219 g/mol. The number of anilines is 1. The van der Waals surface area contributed by atoms with Gasteiger partial charge in [0, 0.05) is 11.2 Å². The van der Waals surface area contributed by atoms with Crippen LogP contribution in [0.4, 0.5) is 5.69 Å². The zero-order valence-electron chi connectivity index (χ0n) is 9.66. The number of hydrogen-bond acceptors (Lipinski definition) is 2. The number of nitrogens with one attached hydrogen (secondary N) is 1.